The molecule has 4 rings (SSSR count). The molecule has 0 radical (unpaired) electrons. The number of ether oxygens (including phenoxy) is 1. The van der Waals surface area contributed by atoms with Crippen molar-refractivity contribution in [1.82, 2.24) is 24.7 Å². The number of nitrogens with zero attached hydrogens (tertiary/aromatic N) is 4. The molecular formula is C21H24FN5O4S. The first-order valence-electron chi connectivity index (χ1n) is 10.3. The number of rotatable bonds is 8. The fraction of sp³-hybridized carbons (Fsp3) is 0.381. The molecule has 0 unspecified atom stereocenters. The maximum atomic E-state index is 13.4. The van der Waals surface area contributed by atoms with Crippen LogP contribution in [0.2, 0.25) is 0 Å². The molecule has 0 aliphatic carbocycles. The molecule has 1 aliphatic rings. The summed E-state index contributed by atoms with van der Waals surface area (Å²) in [5.41, 5.74) is 1.41. The summed E-state index contributed by atoms with van der Waals surface area (Å²) in [6.07, 6.45) is 4.37. The molecule has 1 aliphatic heterocycles. The number of aromatic nitrogens is 4. The SMILES string of the molecule is O=S(=O)(N[C@@H]1CC[C@H](CCn2cc(-c3ccccn3)nn2)O[C@@H]1CO)c1cccc(F)c1. The number of aryl methyl sites for hydroxylation is 1. The average Bonchev–Trinajstić information content (AvgIpc) is 3.28. The maximum absolute atomic E-state index is 13.4. The summed E-state index contributed by atoms with van der Waals surface area (Å²) < 4.78 is 48.8. The molecule has 11 heteroatoms. The molecule has 1 fully saturated rings. The summed E-state index contributed by atoms with van der Waals surface area (Å²) in [6, 6.07) is 9.76. The molecule has 9 nitrogen and oxygen atoms in total. The van der Waals surface area contributed by atoms with Crippen molar-refractivity contribution < 1.29 is 22.7 Å². The number of hydrogen-bond donors (Lipinski definition) is 2. The Labute approximate surface area is 185 Å². The Morgan fingerprint density at radius 2 is 2.06 bits per heavy atom. The van der Waals surface area contributed by atoms with E-state index in [1.165, 1.54) is 18.2 Å². The third-order valence-electron chi connectivity index (χ3n) is 5.35. The smallest absolute Gasteiger partial charge is 0.241 e. The lowest BCUT2D eigenvalue weighted by molar-refractivity contribution is -0.0891. The number of pyridine rings is 1. The molecule has 0 saturated carbocycles. The van der Waals surface area contributed by atoms with Crippen LogP contribution in [-0.2, 0) is 21.3 Å². The van der Waals surface area contributed by atoms with Gasteiger partial charge in [-0.2, -0.15) is 0 Å². The number of aliphatic hydroxyl groups is 1. The Morgan fingerprint density at radius 1 is 1.19 bits per heavy atom. The first-order valence-corrected chi connectivity index (χ1v) is 11.8. The summed E-state index contributed by atoms with van der Waals surface area (Å²) in [5.74, 6) is -0.633. The van der Waals surface area contributed by atoms with Gasteiger partial charge in [-0.25, -0.2) is 17.5 Å². The third kappa shape index (κ3) is 5.36. The predicted octanol–water partition coefficient (Wildman–Crippen LogP) is 1.76. The fourth-order valence-electron chi connectivity index (χ4n) is 3.70. The quantitative estimate of drug-likeness (QED) is 0.525. The summed E-state index contributed by atoms with van der Waals surface area (Å²) in [5, 5.41) is 18.0. The van der Waals surface area contributed by atoms with Crippen LogP contribution in [0.3, 0.4) is 0 Å². The molecule has 170 valence electrons. The van der Waals surface area contributed by atoms with Crippen molar-refractivity contribution in [3.05, 3.63) is 60.7 Å². The molecule has 32 heavy (non-hydrogen) atoms. The molecule has 0 spiro atoms. The van der Waals surface area contributed by atoms with E-state index in [9.17, 15) is 17.9 Å². The summed E-state index contributed by atoms with van der Waals surface area (Å²) in [7, 11) is -3.93. The Bertz CT molecular complexity index is 1140. The standard InChI is InChI=1S/C21H24FN5O4S/c22-15-4-3-5-17(12-15)32(29,30)25-19-8-7-16(31-21(19)14-28)9-11-27-13-20(24-26-27)18-6-1-2-10-23-18/h1-6,10,12-13,16,19,21,25,28H,7-9,11,14H2/t16-,19-,21-/m1/s1. The number of hydrogen-bond acceptors (Lipinski definition) is 7. The number of nitrogens with one attached hydrogen (secondary N) is 1. The molecule has 3 atom stereocenters. The zero-order valence-electron chi connectivity index (χ0n) is 17.2. The van der Waals surface area contributed by atoms with Gasteiger partial charge in [0.25, 0.3) is 0 Å². The van der Waals surface area contributed by atoms with Crippen LogP contribution in [0.5, 0.6) is 0 Å². The molecule has 3 aromatic rings. The van der Waals surface area contributed by atoms with Gasteiger partial charge < -0.3 is 9.84 Å². The minimum atomic E-state index is -3.93. The van der Waals surface area contributed by atoms with E-state index in [0.717, 1.165) is 11.8 Å². The van der Waals surface area contributed by atoms with Crippen LogP contribution in [0.25, 0.3) is 11.4 Å². The van der Waals surface area contributed by atoms with Crippen molar-refractivity contribution in [2.45, 2.75) is 49.0 Å². The monoisotopic (exact) mass is 461 g/mol. The third-order valence-corrected chi connectivity index (χ3v) is 6.84. The minimum absolute atomic E-state index is 0.161. The average molecular weight is 462 g/mol. The Morgan fingerprint density at radius 3 is 2.81 bits per heavy atom. The molecule has 0 amide bonds. The zero-order chi connectivity index (χ0) is 22.6. The second kappa shape index (κ2) is 9.82. The van der Waals surface area contributed by atoms with Crippen molar-refractivity contribution >= 4 is 10.0 Å². The van der Waals surface area contributed by atoms with E-state index >= 15 is 0 Å². The predicted molar refractivity (Wildman–Crippen MR) is 113 cm³/mol. The Hall–Kier alpha value is -2.73. The van der Waals surface area contributed by atoms with Crippen molar-refractivity contribution in [3.8, 4) is 11.4 Å². The van der Waals surface area contributed by atoms with Crippen LogP contribution in [-0.4, -0.2) is 58.4 Å². The molecule has 1 saturated heterocycles. The lowest BCUT2D eigenvalue weighted by atomic mass is 9.98. The molecule has 0 bridgehead atoms. The van der Waals surface area contributed by atoms with E-state index in [1.54, 1.807) is 10.9 Å². The summed E-state index contributed by atoms with van der Waals surface area (Å²) in [6.45, 7) is 0.225. The highest BCUT2D eigenvalue weighted by Crippen LogP contribution is 2.24. The molecular weight excluding hydrogens is 437 g/mol. The van der Waals surface area contributed by atoms with E-state index in [2.05, 4.69) is 20.0 Å². The molecule has 1 aromatic carbocycles. The van der Waals surface area contributed by atoms with Crippen LogP contribution >= 0.6 is 0 Å². The van der Waals surface area contributed by atoms with Gasteiger partial charge in [-0.3, -0.25) is 9.67 Å². The van der Waals surface area contributed by atoms with Crippen molar-refractivity contribution in [3.63, 3.8) is 0 Å². The van der Waals surface area contributed by atoms with Crippen LogP contribution < -0.4 is 4.72 Å². The maximum Gasteiger partial charge on any atom is 0.241 e. The highest BCUT2D eigenvalue weighted by atomic mass is 32.2. The minimum Gasteiger partial charge on any atom is -0.394 e. The van der Waals surface area contributed by atoms with Gasteiger partial charge >= 0.3 is 0 Å². The van der Waals surface area contributed by atoms with Crippen LogP contribution in [0, 0.1) is 5.82 Å². The van der Waals surface area contributed by atoms with Crippen LogP contribution in [0.1, 0.15) is 19.3 Å². The first kappa shape index (κ1) is 22.5. The van der Waals surface area contributed by atoms with Gasteiger partial charge in [0.15, 0.2) is 0 Å². The van der Waals surface area contributed by atoms with E-state index in [4.69, 9.17) is 4.74 Å². The van der Waals surface area contributed by atoms with Crippen LogP contribution in [0.4, 0.5) is 4.39 Å². The zero-order valence-corrected chi connectivity index (χ0v) is 18.0. The van der Waals surface area contributed by atoms with Crippen LogP contribution in [0.15, 0.2) is 59.8 Å². The molecule has 3 heterocycles. The van der Waals surface area contributed by atoms with Gasteiger partial charge in [0, 0.05) is 12.7 Å². The second-order valence-electron chi connectivity index (χ2n) is 7.61. The van der Waals surface area contributed by atoms with Gasteiger partial charge in [0.2, 0.25) is 10.0 Å². The largest absolute Gasteiger partial charge is 0.394 e. The van der Waals surface area contributed by atoms with Gasteiger partial charge in [-0.1, -0.05) is 17.3 Å². The number of sulfonamides is 1. The molecule has 2 aromatic heterocycles. The fourth-order valence-corrected chi connectivity index (χ4v) is 5.03. The van der Waals surface area contributed by atoms with E-state index < -0.39 is 28.0 Å². The Kier molecular flexibility index (Phi) is 6.89. The number of aliphatic hydroxyl groups excluding tert-OH is 1. The van der Waals surface area contributed by atoms with E-state index in [1.807, 2.05) is 24.4 Å². The van der Waals surface area contributed by atoms with Crippen molar-refractivity contribution in [2.75, 3.05) is 6.61 Å². The first-order chi connectivity index (χ1) is 15.4. The molecule has 2 N–H and O–H groups in total. The van der Waals surface area contributed by atoms with Gasteiger partial charge in [0.05, 0.1) is 41.6 Å². The van der Waals surface area contributed by atoms with Gasteiger partial charge in [0.1, 0.15) is 11.5 Å². The van der Waals surface area contributed by atoms with Crippen molar-refractivity contribution in [2.24, 2.45) is 0 Å². The lowest BCUT2D eigenvalue weighted by Gasteiger charge is -2.36. The number of halogens is 1. The lowest BCUT2D eigenvalue weighted by Crippen LogP contribution is -2.50. The normalized spacial score (nSPS) is 21.5. The summed E-state index contributed by atoms with van der Waals surface area (Å²) in [4.78, 5) is 4.09. The second-order valence-corrected chi connectivity index (χ2v) is 9.33. The topological polar surface area (TPSA) is 119 Å². The van der Waals surface area contributed by atoms with Crippen molar-refractivity contribution in [1.29, 1.82) is 0 Å². The highest BCUT2D eigenvalue weighted by Gasteiger charge is 2.34. The Balaban J connectivity index is 1.33. The van der Waals surface area contributed by atoms with E-state index in [0.29, 0.717) is 31.5 Å². The van der Waals surface area contributed by atoms with Gasteiger partial charge in [-0.05, 0) is 49.6 Å². The number of benzene rings is 1. The highest BCUT2D eigenvalue weighted by molar-refractivity contribution is 7.89. The van der Waals surface area contributed by atoms with Gasteiger partial charge in [-0.15, -0.1) is 5.10 Å². The van der Waals surface area contributed by atoms with E-state index in [-0.39, 0.29) is 17.6 Å². The summed E-state index contributed by atoms with van der Waals surface area (Å²) >= 11 is 0.